The summed E-state index contributed by atoms with van der Waals surface area (Å²) in [5.74, 6) is -0.311. The Labute approximate surface area is 193 Å². The Bertz CT molecular complexity index is 1080. The van der Waals surface area contributed by atoms with Crippen molar-refractivity contribution in [3.8, 4) is 5.75 Å². The molecule has 0 saturated carbocycles. The SMILES string of the molecule is CCN(Nc1ccc(OC)cc1)C(=O)C(Cc1ccc(F)cc1)NC(=O)c1cccc(C)c1. The second kappa shape index (κ2) is 11.1. The van der Waals surface area contributed by atoms with Crippen LogP contribution in [0.3, 0.4) is 0 Å². The van der Waals surface area contributed by atoms with E-state index in [1.54, 1.807) is 61.7 Å². The minimum atomic E-state index is -0.853. The molecule has 33 heavy (non-hydrogen) atoms. The number of hydrogen-bond donors (Lipinski definition) is 2. The summed E-state index contributed by atoms with van der Waals surface area (Å²) in [5, 5.41) is 4.31. The molecule has 2 amide bonds. The predicted octanol–water partition coefficient (Wildman–Crippen LogP) is 4.36. The highest BCUT2D eigenvalue weighted by Gasteiger charge is 2.26. The number of halogens is 1. The van der Waals surface area contributed by atoms with E-state index in [9.17, 15) is 14.0 Å². The van der Waals surface area contributed by atoms with E-state index in [2.05, 4.69) is 10.7 Å². The van der Waals surface area contributed by atoms with Gasteiger partial charge in [0.05, 0.1) is 12.8 Å². The highest BCUT2D eigenvalue weighted by atomic mass is 19.1. The lowest BCUT2D eigenvalue weighted by Gasteiger charge is -2.28. The first-order valence-electron chi connectivity index (χ1n) is 10.7. The van der Waals surface area contributed by atoms with Crippen LogP contribution < -0.4 is 15.5 Å². The van der Waals surface area contributed by atoms with Gasteiger partial charge in [0, 0.05) is 18.5 Å². The van der Waals surface area contributed by atoms with E-state index in [0.717, 1.165) is 11.1 Å². The molecule has 6 nitrogen and oxygen atoms in total. The molecule has 0 saturated heterocycles. The van der Waals surface area contributed by atoms with E-state index in [-0.39, 0.29) is 24.1 Å². The number of nitrogens with one attached hydrogen (secondary N) is 2. The molecule has 0 radical (unpaired) electrons. The van der Waals surface area contributed by atoms with Gasteiger partial charge in [-0.1, -0.05) is 29.8 Å². The van der Waals surface area contributed by atoms with Crippen LogP contribution in [-0.2, 0) is 11.2 Å². The maximum Gasteiger partial charge on any atom is 0.263 e. The second-order valence-electron chi connectivity index (χ2n) is 7.65. The van der Waals surface area contributed by atoms with Crippen molar-refractivity contribution < 1.29 is 18.7 Å². The van der Waals surface area contributed by atoms with Crippen LogP contribution in [0.5, 0.6) is 5.75 Å². The van der Waals surface area contributed by atoms with Gasteiger partial charge in [-0.3, -0.25) is 20.0 Å². The fourth-order valence-corrected chi connectivity index (χ4v) is 3.38. The van der Waals surface area contributed by atoms with Gasteiger partial charge in [-0.25, -0.2) is 4.39 Å². The summed E-state index contributed by atoms with van der Waals surface area (Å²) >= 11 is 0. The number of carbonyl (C=O) groups is 2. The number of anilines is 1. The van der Waals surface area contributed by atoms with Gasteiger partial charge in [-0.05, 0) is 67.9 Å². The van der Waals surface area contributed by atoms with Crippen molar-refractivity contribution >= 4 is 17.5 Å². The zero-order chi connectivity index (χ0) is 23.8. The fourth-order valence-electron chi connectivity index (χ4n) is 3.38. The Morgan fingerprint density at radius 3 is 2.33 bits per heavy atom. The fraction of sp³-hybridized carbons (Fsp3) is 0.231. The lowest BCUT2D eigenvalue weighted by atomic mass is 10.0. The number of amides is 2. The molecule has 0 aliphatic heterocycles. The monoisotopic (exact) mass is 449 g/mol. The number of benzene rings is 3. The van der Waals surface area contributed by atoms with Gasteiger partial charge in [0.25, 0.3) is 11.8 Å². The highest BCUT2D eigenvalue weighted by Crippen LogP contribution is 2.17. The summed E-state index contributed by atoms with van der Waals surface area (Å²) < 4.78 is 18.5. The van der Waals surface area contributed by atoms with Gasteiger partial charge in [0.2, 0.25) is 0 Å². The standard InChI is InChI=1S/C26H28FN3O3/c1-4-30(29-22-12-14-23(33-3)15-13-22)26(32)24(17-19-8-10-21(27)11-9-19)28-25(31)20-7-5-6-18(2)16-20/h5-16,24,29H,4,17H2,1-3H3,(H,28,31). The molecule has 1 atom stereocenters. The van der Waals surface area contributed by atoms with Crippen molar-refractivity contribution in [2.75, 3.05) is 19.1 Å². The minimum Gasteiger partial charge on any atom is -0.497 e. The van der Waals surface area contributed by atoms with Gasteiger partial charge < -0.3 is 10.1 Å². The van der Waals surface area contributed by atoms with Crippen LogP contribution in [0.1, 0.15) is 28.4 Å². The molecule has 172 valence electrons. The number of ether oxygens (including phenoxy) is 1. The number of carbonyl (C=O) groups excluding carboxylic acids is 2. The van der Waals surface area contributed by atoms with E-state index in [1.165, 1.54) is 17.1 Å². The summed E-state index contributed by atoms with van der Waals surface area (Å²) in [6.07, 6.45) is 0.220. The number of hydrazine groups is 1. The Balaban J connectivity index is 1.82. The van der Waals surface area contributed by atoms with Gasteiger partial charge in [0.15, 0.2) is 0 Å². The average Bonchev–Trinajstić information content (AvgIpc) is 2.83. The zero-order valence-corrected chi connectivity index (χ0v) is 19.0. The minimum absolute atomic E-state index is 0.220. The largest absolute Gasteiger partial charge is 0.497 e. The van der Waals surface area contributed by atoms with Crippen LogP contribution in [0.25, 0.3) is 0 Å². The molecule has 3 aromatic rings. The summed E-state index contributed by atoms with van der Waals surface area (Å²) in [6, 6.07) is 19.4. The summed E-state index contributed by atoms with van der Waals surface area (Å²) in [4.78, 5) is 26.4. The van der Waals surface area contributed by atoms with Gasteiger partial charge in [-0.2, -0.15) is 0 Å². The Morgan fingerprint density at radius 2 is 1.73 bits per heavy atom. The van der Waals surface area contributed by atoms with Gasteiger partial charge in [0.1, 0.15) is 17.6 Å². The van der Waals surface area contributed by atoms with Crippen LogP contribution in [0, 0.1) is 12.7 Å². The number of nitrogens with zero attached hydrogens (tertiary/aromatic N) is 1. The normalized spacial score (nSPS) is 11.4. The third kappa shape index (κ3) is 6.55. The van der Waals surface area contributed by atoms with Crippen molar-refractivity contribution in [1.82, 2.24) is 10.3 Å². The van der Waals surface area contributed by atoms with Crippen molar-refractivity contribution in [3.63, 3.8) is 0 Å². The summed E-state index contributed by atoms with van der Waals surface area (Å²) in [6.45, 7) is 4.10. The number of likely N-dealkylation sites (N-methyl/N-ethyl adjacent to an activating group) is 1. The molecule has 0 heterocycles. The van der Waals surface area contributed by atoms with Gasteiger partial charge >= 0.3 is 0 Å². The van der Waals surface area contributed by atoms with Crippen molar-refractivity contribution in [2.45, 2.75) is 26.3 Å². The number of aryl methyl sites for hydroxylation is 1. The number of rotatable bonds is 9. The Hall–Kier alpha value is -3.87. The summed E-state index contributed by atoms with van der Waals surface area (Å²) in [5.41, 5.74) is 5.95. The van der Waals surface area contributed by atoms with Crippen LogP contribution in [0.15, 0.2) is 72.8 Å². The molecular weight excluding hydrogens is 421 g/mol. The average molecular weight is 450 g/mol. The first-order valence-corrected chi connectivity index (χ1v) is 10.7. The topological polar surface area (TPSA) is 70.7 Å². The quantitative estimate of drug-likeness (QED) is 0.476. The first-order chi connectivity index (χ1) is 15.9. The van der Waals surface area contributed by atoms with Crippen LogP contribution in [0.2, 0.25) is 0 Å². The van der Waals surface area contributed by atoms with Crippen molar-refractivity contribution in [1.29, 1.82) is 0 Å². The van der Waals surface area contributed by atoms with Crippen LogP contribution in [-0.4, -0.2) is 36.5 Å². The number of methoxy groups -OCH3 is 1. The van der Waals surface area contributed by atoms with Crippen molar-refractivity contribution in [2.24, 2.45) is 0 Å². The lowest BCUT2D eigenvalue weighted by molar-refractivity contribution is -0.131. The van der Waals surface area contributed by atoms with Crippen LogP contribution >= 0.6 is 0 Å². The third-order valence-electron chi connectivity index (χ3n) is 5.17. The maximum atomic E-state index is 13.5. The lowest BCUT2D eigenvalue weighted by Crippen LogP contribution is -2.51. The Morgan fingerprint density at radius 1 is 1.03 bits per heavy atom. The molecule has 0 spiro atoms. The van der Waals surface area contributed by atoms with Crippen LogP contribution in [0.4, 0.5) is 10.1 Å². The van der Waals surface area contributed by atoms with E-state index < -0.39 is 6.04 Å². The molecule has 0 aromatic heterocycles. The van der Waals surface area contributed by atoms with E-state index in [1.807, 2.05) is 19.9 Å². The maximum absolute atomic E-state index is 13.5. The molecule has 3 rings (SSSR count). The molecule has 7 heteroatoms. The molecule has 1 unspecified atom stereocenters. The van der Waals surface area contributed by atoms with Gasteiger partial charge in [-0.15, -0.1) is 0 Å². The molecule has 0 bridgehead atoms. The Kier molecular flexibility index (Phi) is 8.02. The molecular formula is C26H28FN3O3. The smallest absolute Gasteiger partial charge is 0.263 e. The molecule has 0 fully saturated rings. The van der Waals surface area contributed by atoms with Crippen molar-refractivity contribution in [3.05, 3.63) is 95.3 Å². The molecule has 0 aliphatic carbocycles. The first kappa shape index (κ1) is 23.8. The molecule has 3 aromatic carbocycles. The third-order valence-corrected chi connectivity index (χ3v) is 5.17. The highest BCUT2D eigenvalue weighted by molar-refractivity contribution is 5.98. The molecule has 2 N–H and O–H groups in total. The zero-order valence-electron chi connectivity index (χ0n) is 19.0. The number of hydrogen-bond acceptors (Lipinski definition) is 4. The van der Waals surface area contributed by atoms with E-state index >= 15 is 0 Å². The van der Waals surface area contributed by atoms with E-state index in [0.29, 0.717) is 23.5 Å². The van der Waals surface area contributed by atoms with E-state index in [4.69, 9.17) is 4.74 Å². The molecule has 0 aliphatic rings. The second-order valence-corrected chi connectivity index (χ2v) is 7.65. The predicted molar refractivity (Wildman–Crippen MR) is 127 cm³/mol. The summed E-state index contributed by atoms with van der Waals surface area (Å²) in [7, 11) is 1.58.